The van der Waals surface area contributed by atoms with Crippen molar-refractivity contribution < 1.29 is 4.79 Å². The maximum Gasteiger partial charge on any atom is 0.237 e. The van der Waals surface area contributed by atoms with Gasteiger partial charge in [-0.1, -0.05) is 12.1 Å². The van der Waals surface area contributed by atoms with Crippen LogP contribution in [0.3, 0.4) is 0 Å². The summed E-state index contributed by atoms with van der Waals surface area (Å²) in [6.07, 6.45) is 1.01. The summed E-state index contributed by atoms with van der Waals surface area (Å²) in [5.41, 5.74) is 1.08. The average molecular weight is 287 g/mol. The Labute approximate surface area is 119 Å². The summed E-state index contributed by atoms with van der Waals surface area (Å²) in [5.74, 6) is 0.798. The van der Waals surface area contributed by atoms with E-state index in [4.69, 9.17) is 0 Å². The summed E-state index contributed by atoms with van der Waals surface area (Å²) in [5, 5.41) is 0. The Kier molecular flexibility index (Phi) is 5.99. The minimum absolute atomic E-state index is 0. The van der Waals surface area contributed by atoms with Gasteiger partial charge in [-0.3, -0.25) is 4.79 Å². The van der Waals surface area contributed by atoms with E-state index >= 15 is 0 Å². The third-order valence-corrected chi connectivity index (χ3v) is 3.84. The van der Waals surface area contributed by atoms with Crippen LogP contribution in [0.25, 0.3) is 0 Å². The second kappa shape index (κ2) is 7.02. The third-order valence-electron chi connectivity index (χ3n) is 2.80. The highest BCUT2D eigenvalue weighted by Crippen LogP contribution is 2.34. The van der Waals surface area contributed by atoms with Crippen LogP contribution in [0.2, 0.25) is 0 Å². The van der Waals surface area contributed by atoms with E-state index in [1.807, 2.05) is 23.1 Å². The first kappa shape index (κ1) is 15.3. The summed E-state index contributed by atoms with van der Waals surface area (Å²) >= 11 is 1.64. The maximum atomic E-state index is 11.9. The molecule has 5 heteroatoms. The Bertz CT molecular complexity index is 412. The number of benzene rings is 1. The van der Waals surface area contributed by atoms with E-state index in [-0.39, 0.29) is 18.3 Å². The molecular formula is C13H19ClN2OS. The first-order valence-electron chi connectivity index (χ1n) is 5.85. The van der Waals surface area contributed by atoms with Crippen molar-refractivity contribution in [1.82, 2.24) is 4.90 Å². The lowest BCUT2D eigenvalue weighted by atomic mass is 10.2. The molecule has 2 rings (SSSR count). The van der Waals surface area contributed by atoms with Gasteiger partial charge in [0.1, 0.15) is 0 Å². The molecule has 3 nitrogen and oxygen atoms in total. The van der Waals surface area contributed by atoms with Crippen LogP contribution >= 0.6 is 24.2 Å². The monoisotopic (exact) mass is 286 g/mol. The van der Waals surface area contributed by atoms with Crippen LogP contribution in [0.5, 0.6) is 0 Å². The standard InChI is InChI=1S/C13H18N2OS.ClH/c1-14(2)8-5-9-15-11-6-3-4-7-12(11)17-10-13(15)16;/h3-4,6-7H,5,8-10H2,1-2H3;1H. The Hall–Kier alpha value is -0.710. The molecule has 0 radical (unpaired) electrons. The number of carbonyl (C=O) groups excluding carboxylic acids is 1. The first-order chi connectivity index (χ1) is 8.18. The van der Waals surface area contributed by atoms with E-state index in [0.717, 1.165) is 25.2 Å². The highest BCUT2D eigenvalue weighted by atomic mass is 35.5. The van der Waals surface area contributed by atoms with Gasteiger partial charge in [0, 0.05) is 11.4 Å². The molecule has 100 valence electrons. The Balaban J connectivity index is 0.00000162. The van der Waals surface area contributed by atoms with Crippen molar-refractivity contribution >= 4 is 35.8 Å². The van der Waals surface area contributed by atoms with Crippen LogP contribution in [-0.2, 0) is 4.79 Å². The molecule has 0 aliphatic carbocycles. The SMILES string of the molecule is CN(C)CCCN1C(=O)CSc2ccccc21.Cl. The first-order valence-corrected chi connectivity index (χ1v) is 6.84. The Morgan fingerprint density at radius 2 is 2.06 bits per heavy atom. The minimum Gasteiger partial charge on any atom is -0.311 e. The van der Waals surface area contributed by atoms with Gasteiger partial charge in [-0.2, -0.15) is 0 Å². The molecule has 1 aromatic carbocycles. The number of rotatable bonds is 4. The smallest absolute Gasteiger partial charge is 0.237 e. The van der Waals surface area contributed by atoms with Crippen LogP contribution in [-0.4, -0.2) is 43.7 Å². The molecule has 0 unspecified atom stereocenters. The minimum atomic E-state index is 0. The lowest BCUT2D eigenvalue weighted by Gasteiger charge is -2.29. The van der Waals surface area contributed by atoms with E-state index < -0.39 is 0 Å². The van der Waals surface area contributed by atoms with Crippen LogP contribution in [0.1, 0.15) is 6.42 Å². The fourth-order valence-electron chi connectivity index (χ4n) is 1.94. The molecule has 0 fully saturated rings. The quantitative estimate of drug-likeness (QED) is 0.850. The molecule has 1 aliphatic heterocycles. The van der Waals surface area contributed by atoms with E-state index in [0.29, 0.717) is 5.75 Å². The van der Waals surface area contributed by atoms with Crippen molar-refractivity contribution in [3.05, 3.63) is 24.3 Å². The van der Waals surface area contributed by atoms with E-state index in [2.05, 4.69) is 25.1 Å². The number of fused-ring (bicyclic) bond motifs is 1. The lowest BCUT2D eigenvalue weighted by molar-refractivity contribution is -0.116. The second-order valence-corrected chi connectivity index (χ2v) is 5.48. The summed E-state index contributed by atoms with van der Waals surface area (Å²) in [4.78, 5) is 17.2. The van der Waals surface area contributed by atoms with Crippen molar-refractivity contribution in [2.75, 3.05) is 37.8 Å². The number of nitrogens with zero attached hydrogens (tertiary/aromatic N) is 2. The molecular weight excluding hydrogens is 268 g/mol. The number of halogens is 1. The van der Waals surface area contributed by atoms with Gasteiger partial charge < -0.3 is 9.80 Å². The molecule has 1 aromatic rings. The van der Waals surface area contributed by atoms with Gasteiger partial charge in [0.15, 0.2) is 0 Å². The van der Waals surface area contributed by atoms with Gasteiger partial charge in [-0.15, -0.1) is 24.2 Å². The van der Waals surface area contributed by atoms with Crippen LogP contribution < -0.4 is 4.90 Å². The molecule has 18 heavy (non-hydrogen) atoms. The zero-order valence-electron chi connectivity index (χ0n) is 10.8. The average Bonchev–Trinajstić information content (AvgIpc) is 2.32. The lowest BCUT2D eigenvalue weighted by Crippen LogP contribution is -2.37. The number of hydrogen-bond donors (Lipinski definition) is 0. The fraction of sp³-hybridized carbons (Fsp3) is 0.462. The van der Waals surface area contributed by atoms with Crippen molar-refractivity contribution in [2.45, 2.75) is 11.3 Å². The molecule has 0 atom stereocenters. The molecule has 0 N–H and O–H groups in total. The molecule has 1 heterocycles. The number of para-hydroxylation sites is 1. The van der Waals surface area contributed by atoms with Crippen LogP contribution in [0.15, 0.2) is 29.2 Å². The molecule has 0 bridgehead atoms. The summed E-state index contributed by atoms with van der Waals surface area (Å²) in [6.45, 7) is 1.83. The highest BCUT2D eigenvalue weighted by Gasteiger charge is 2.23. The Morgan fingerprint density at radius 3 is 2.78 bits per heavy atom. The zero-order valence-corrected chi connectivity index (χ0v) is 12.4. The van der Waals surface area contributed by atoms with Crippen molar-refractivity contribution in [2.24, 2.45) is 0 Å². The predicted octanol–water partition coefficient (Wildman–Crippen LogP) is 2.50. The fourth-order valence-corrected chi connectivity index (χ4v) is 2.88. The van der Waals surface area contributed by atoms with Gasteiger partial charge in [-0.05, 0) is 39.2 Å². The van der Waals surface area contributed by atoms with Crippen LogP contribution in [0, 0.1) is 0 Å². The van der Waals surface area contributed by atoms with Crippen LogP contribution in [0.4, 0.5) is 5.69 Å². The van der Waals surface area contributed by atoms with Crippen molar-refractivity contribution in [3.63, 3.8) is 0 Å². The van der Waals surface area contributed by atoms with Crippen molar-refractivity contribution in [1.29, 1.82) is 0 Å². The molecule has 0 saturated heterocycles. The summed E-state index contributed by atoms with van der Waals surface area (Å²) < 4.78 is 0. The molecule has 0 saturated carbocycles. The molecule has 1 aliphatic rings. The molecule has 0 spiro atoms. The normalized spacial score (nSPS) is 14.4. The topological polar surface area (TPSA) is 23.6 Å². The van der Waals surface area contributed by atoms with E-state index in [1.165, 1.54) is 4.90 Å². The number of anilines is 1. The zero-order chi connectivity index (χ0) is 12.3. The predicted molar refractivity (Wildman–Crippen MR) is 79.9 cm³/mol. The summed E-state index contributed by atoms with van der Waals surface area (Å²) in [7, 11) is 4.11. The maximum absolute atomic E-state index is 11.9. The number of amides is 1. The third kappa shape index (κ3) is 3.64. The van der Waals surface area contributed by atoms with Gasteiger partial charge in [0.2, 0.25) is 5.91 Å². The number of thioether (sulfide) groups is 1. The molecule has 1 amide bonds. The number of carbonyl (C=O) groups is 1. The van der Waals surface area contributed by atoms with Gasteiger partial charge in [0.25, 0.3) is 0 Å². The molecule has 0 aromatic heterocycles. The van der Waals surface area contributed by atoms with Gasteiger partial charge >= 0.3 is 0 Å². The second-order valence-electron chi connectivity index (χ2n) is 4.46. The van der Waals surface area contributed by atoms with Crippen molar-refractivity contribution in [3.8, 4) is 0 Å². The largest absolute Gasteiger partial charge is 0.311 e. The van der Waals surface area contributed by atoms with E-state index in [9.17, 15) is 4.79 Å². The summed E-state index contributed by atoms with van der Waals surface area (Å²) in [6, 6.07) is 8.15. The number of hydrogen-bond acceptors (Lipinski definition) is 3. The highest BCUT2D eigenvalue weighted by molar-refractivity contribution is 8.00. The van der Waals surface area contributed by atoms with E-state index in [1.54, 1.807) is 11.8 Å². The van der Waals surface area contributed by atoms with Gasteiger partial charge in [-0.25, -0.2) is 0 Å². The Morgan fingerprint density at radius 1 is 1.33 bits per heavy atom. The van der Waals surface area contributed by atoms with Gasteiger partial charge in [0.05, 0.1) is 11.4 Å².